The summed E-state index contributed by atoms with van der Waals surface area (Å²) in [5.41, 5.74) is 11.8. The fraction of sp³-hybridized carbons (Fsp3) is 0. The largest absolute Gasteiger partial charge is 0.309 e. The number of nitrogens with zero attached hydrogens (tertiary/aromatic N) is 5. The molecule has 5 heteroatoms. The summed E-state index contributed by atoms with van der Waals surface area (Å²) in [7, 11) is 0. The molecule has 0 unspecified atom stereocenters. The monoisotopic (exact) mass is 715 g/mol. The van der Waals surface area contributed by atoms with E-state index in [2.05, 4.69) is 149 Å². The first-order valence-electron chi connectivity index (χ1n) is 18.9. The first-order valence-corrected chi connectivity index (χ1v) is 18.9. The van der Waals surface area contributed by atoms with E-state index in [-0.39, 0.29) is 0 Å². The molecule has 0 aliphatic heterocycles. The highest BCUT2D eigenvalue weighted by Crippen LogP contribution is 2.40. The summed E-state index contributed by atoms with van der Waals surface area (Å²) >= 11 is 0. The molecule has 8 aromatic carbocycles. The maximum atomic E-state index is 5.10. The van der Waals surface area contributed by atoms with E-state index in [0.717, 1.165) is 50.2 Å². The molecule has 3 heterocycles. The summed E-state index contributed by atoms with van der Waals surface area (Å²) in [6.45, 7) is 0. The molecule has 0 aliphatic rings. The van der Waals surface area contributed by atoms with E-state index >= 15 is 0 Å². The van der Waals surface area contributed by atoms with Gasteiger partial charge in [-0.05, 0) is 48.0 Å². The second kappa shape index (κ2) is 13.0. The Bertz CT molecular complexity index is 3120. The zero-order chi connectivity index (χ0) is 37.0. The molecular formula is C51H33N5. The smallest absolute Gasteiger partial charge is 0.164 e. The van der Waals surface area contributed by atoms with Crippen LogP contribution < -0.4 is 0 Å². The minimum atomic E-state index is 0.619. The van der Waals surface area contributed by atoms with Crippen LogP contribution in [0.15, 0.2) is 200 Å². The summed E-state index contributed by atoms with van der Waals surface area (Å²) < 4.78 is 4.80. The highest BCUT2D eigenvalue weighted by molar-refractivity contribution is 6.12. The van der Waals surface area contributed by atoms with Gasteiger partial charge in [-0.25, -0.2) is 15.0 Å². The summed E-state index contributed by atoms with van der Waals surface area (Å²) in [6, 6.07) is 70.4. The minimum Gasteiger partial charge on any atom is -0.309 e. The van der Waals surface area contributed by atoms with Crippen molar-refractivity contribution in [3.8, 4) is 56.7 Å². The molecule has 5 nitrogen and oxygen atoms in total. The van der Waals surface area contributed by atoms with Gasteiger partial charge in [-0.2, -0.15) is 0 Å². The van der Waals surface area contributed by atoms with E-state index < -0.39 is 0 Å². The standard InChI is InChI=1S/C51H33N5/c1-4-16-34(17-5-1)39-30-28-37(51-53-49(35-18-6-2-7-19-35)52-50(54-51)36-20-8-3-9-21-36)32-48(39)56-46-27-15-12-24-42(46)43-33-38(29-31-47(43)56)55-44-25-13-10-22-40(44)41-23-11-14-26-45(41)55/h1-33H. The van der Waals surface area contributed by atoms with E-state index in [4.69, 9.17) is 15.0 Å². The molecule has 0 spiro atoms. The number of benzene rings is 8. The van der Waals surface area contributed by atoms with Crippen LogP contribution in [0.2, 0.25) is 0 Å². The molecule has 0 fully saturated rings. The highest BCUT2D eigenvalue weighted by atomic mass is 15.0. The van der Waals surface area contributed by atoms with Crippen LogP contribution in [-0.2, 0) is 0 Å². The van der Waals surface area contributed by atoms with E-state index in [1.807, 2.05) is 60.7 Å². The Morgan fingerprint density at radius 2 is 0.714 bits per heavy atom. The van der Waals surface area contributed by atoms with Crippen LogP contribution in [0.4, 0.5) is 0 Å². The summed E-state index contributed by atoms with van der Waals surface area (Å²) in [6.07, 6.45) is 0. The van der Waals surface area contributed by atoms with Crippen LogP contribution in [0.5, 0.6) is 0 Å². The quantitative estimate of drug-likeness (QED) is 0.172. The van der Waals surface area contributed by atoms with Crippen molar-refractivity contribution in [3.05, 3.63) is 200 Å². The van der Waals surface area contributed by atoms with Crippen molar-refractivity contribution in [2.24, 2.45) is 0 Å². The first kappa shape index (κ1) is 31.9. The number of fused-ring (bicyclic) bond motifs is 6. The predicted octanol–water partition coefficient (Wildman–Crippen LogP) is 12.7. The van der Waals surface area contributed by atoms with Gasteiger partial charge in [0.15, 0.2) is 17.5 Å². The lowest BCUT2D eigenvalue weighted by atomic mass is 10.0. The Labute approximate surface area is 323 Å². The average molecular weight is 716 g/mol. The Kier molecular flexibility index (Phi) is 7.42. The Morgan fingerprint density at radius 3 is 1.27 bits per heavy atom. The van der Waals surface area contributed by atoms with Crippen molar-refractivity contribution in [2.75, 3.05) is 0 Å². The van der Waals surface area contributed by atoms with Crippen LogP contribution in [0, 0.1) is 0 Å². The van der Waals surface area contributed by atoms with E-state index in [0.29, 0.717) is 17.5 Å². The zero-order valence-corrected chi connectivity index (χ0v) is 30.3. The van der Waals surface area contributed by atoms with Crippen molar-refractivity contribution < 1.29 is 0 Å². The number of hydrogen-bond donors (Lipinski definition) is 0. The summed E-state index contributed by atoms with van der Waals surface area (Å²) in [5, 5.41) is 4.87. The lowest BCUT2D eigenvalue weighted by Crippen LogP contribution is -2.02. The second-order valence-electron chi connectivity index (χ2n) is 14.1. The lowest BCUT2D eigenvalue weighted by molar-refractivity contribution is 1.07. The number of aromatic nitrogens is 5. The van der Waals surface area contributed by atoms with E-state index in [1.54, 1.807) is 0 Å². The molecule has 0 radical (unpaired) electrons. The number of rotatable bonds is 6. The van der Waals surface area contributed by atoms with Crippen LogP contribution in [-0.4, -0.2) is 24.1 Å². The molecule has 262 valence electrons. The van der Waals surface area contributed by atoms with Gasteiger partial charge < -0.3 is 9.13 Å². The minimum absolute atomic E-state index is 0.619. The fourth-order valence-corrected chi connectivity index (χ4v) is 8.22. The number of para-hydroxylation sites is 3. The van der Waals surface area contributed by atoms with Gasteiger partial charge in [0.1, 0.15) is 0 Å². The van der Waals surface area contributed by atoms with Crippen LogP contribution in [0.3, 0.4) is 0 Å². The van der Waals surface area contributed by atoms with E-state index in [9.17, 15) is 0 Å². The topological polar surface area (TPSA) is 48.5 Å². The third kappa shape index (κ3) is 5.21. The Morgan fingerprint density at radius 1 is 0.286 bits per heavy atom. The molecule has 0 saturated heterocycles. The van der Waals surface area contributed by atoms with Gasteiger partial charge in [-0.15, -0.1) is 0 Å². The van der Waals surface area contributed by atoms with Crippen LogP contribution in [0.25, 0.3) is 100 Å². The zero-order valence-electron chi connectivity index (χ0n) is 30.3. The van der Waals surface area contributed by atoms with Gasteiger partial charge in [0.2, 0.25) is 0 Å². The third-order valence-corrected chi connectivity index (χ3v) is 10.8. The molecule has 56 heavy (non-hydrogen) atoms. The Hall–Kier alpha value is -7.63. The molecule has 0 bridgehead atoms. The Balaban J connectivity index is 1.16. The van der Waals surface area contributed by atoms with Gasteiger partial charge in [0.05, 0.1) is 27.8 Å². The molecule has 0 amide bonds. The maximum absolute atomic E-state index is 5.10. The fourth-order valence-electron chi connectivity index (χ4n) is 8.22. The van der Waals surface area contributed by atoms with Gasteiger partial charge in [-0.1, -0.05) is 158 Å². The first-order chi connectivity index (χ1) is 27.8. The molecule has 0 aliphatic carbocycles. The number of hydrogen-bond acceptors (Lipinski definition) is 3. The molecule has 0 saturated carbocycles. The highest BCUT2D eigenvalue weighted by Gasteiger charge is 2.20. The summed E-state index contributed by atoms with van der Waals surface area (Å²) in [4.78, 5) is 15.2. The van der Waals surface area contributed by atoms with Crippen molar-refractivity contribution >= 4 is 43.6 Å². The lowest BCUT2D eigenvalue weighted by Gasteiger charge is -2.16. The molecule has 11 rings (SSSR count). The van der Waals surface area contributed by atoms with Crippen LogP contribution >= 0.6 is 0 Å². The normalized spacial score (nSPS) is 11.6. The van der Waals surface area contributed by atoms with E-state index in [1.165, 1.54) is 32.6 Å². The predicted molar refractivity (Wildman–Crippen MR) is 230 cm³/mol. The van der Waals surface area contributed by atoms with Crippen molar-refractivity contribution in [3.63, 3.8) is 0 Å². The molecule has 11 aromatic rings. The molecule has 0 atom stereocenters. The molecular weight excluding hydrogens is 683 g/mol. The average Bonchev–Trinajstić information content (AvgIpc) is 3.79. The maximum Gasteiger partial charge on any atom is 0.164 e. The van der Waals surface area contributed by atoms with Gasteiger partial charge in [0, 0.05) is 49.5 Å². The van der Waals surface area contributed by atoms with Gasteiger partial charge in [0.25, 0.3) is 0 Å². The van der Waals surface area contributed by atoms with Crippen LogP contribution in [0.1, 0.15) is 0 Å². The van der Waals surface area contributed by atoms with Crippen molar-refractivity contribution in [2.45, 2.75) is 0 Å². The molecule has 3 aromatic heterocycles. The second-order valence-corrected chi connectivity index (χ2v) is 14.1. The van der Waals surface area contributed by atoms with Gasteiger partial charge >= 0.3 is 0 Å². The van der Waals surface area contributed by atoms with Gasteiger partial charge in [-0.3, -0.25) is 0 Å². The van der Waals surface area contributed by atoms with Crippen molar-refractivity contribution in [1.82, 2.24) is 24.1 Å². The SMILES string of the molecule is c1ccc(-c2nc(-c3ccccc3)nc(-c3ccc(-c4ccccc4)c(-n4c5ccccc5c5cc(-n6c7ccccc7c7ccccc76)ccc54)c3)n2)cc1. The van der Waals surface area contributed by atoms with Crippen molar-refractivity contribution in [1.29, 1.82) is 0 Å². The summed E-state index contributed by atoms with van der Waals surface area (Å²) in [5.74, 6) is 1.89. The third-order valence-electron chi connectivity index (χ3n) is 10.8. The molecule has 0 N–H and O–H groups in total.